The topological polar surface area (TPSA) is 81.0 Å². The van der Waals surface area contributed by atoms with E-state index in [1.165, 1.54) is 0 Å². The zero-order chi connectivity index (χ0) is 23.2. The summed E-state index contributed by atoms with van der Waals surface area (Å²) in [6, 6.07) is 15.2. The maximum absolute atomic E-state index is 13.1. The molecular weight excluding hydrogens is 414 g/mol. The van der Waals surface area contributed by atoms with Crippen LogP contribution in [0.2, 0.25) is 0 Å². The van der Waals surface area contributed by atoms with Crippen LogP contribution < -0.4 is 10.6 Å². The number of carbonyl (C=O) groups is 2. The Labute approximate surface area is 192 Å². The highest BCUT2D eigenvalue weighted by Gasteiger charge is 2.16. The minimum atomic E-state index is -0.325. The summed E-state index contributed by atoms with van der Waals surface area (Å²) in [7, 11) is 1.96. The molecule has 2 aromatic heterocycles. The highest BCUT2D eigenvalue weighted by Crippen LogP contribution is 2.22. The lowest BCUT2D eigenvalue weighted by Gasteiger charge is -2.11. The van der Waals surface area contributed by atoms with Crippen LogP contribution in [-0.4, -0.2) is 32.5 Å². The molecule has 2 N–H and O–H groups in total. The number of fused-ring (bicyclic) bond motifs is 1. The highest BCUT2D eigenvalue weighted by atomic mass is 16.2. The van der Waals surface area contributed by atoms with Crippen LogP contribution in [0.1, 0.15) is 27.9 Å². The van der Waals surface area contributed by atoms with E-state index in [0.717, 1.165) is 35.0 Å². The summed E-state index contributed by atoms with van der Waals surface area (Å²) in [6.07, 6.45) is 9.79. The maximum Gasteiger partial charge on any atom is 0.267 e. The molecule has 33 heavy (non-hydrogen) atoms. The van der Waals surface area contributed by atoms with Crippen molar-refractivity contribution in [2.45, 2.75) is 19.9 Å². The van der Waals surface area contributed by atoms with Gasteiger partial charge in [0.1, 0.15) is 5.70 Å². The van der Waals surface area contributed by atoms with Crippen molar-refractivity contribution in [2.24, 2.45) is 7.05 Å². The molecule has 0 aliphatic carbocycles. The van der Waals surface area contributed by atoms with Crippen molar-refractivity contribution in [3.8, 4) is 0 Å². The van der Waals surface area contributed by atoms with Gasteiger partial charge in [0.15, 0.2) is 0 Å². The predicted octanol–water partition coefficient (Wildman–Crippen LogP) is 3.66. The number of rotatable bonds is 8. The third-order valence-corrected chi connectivity index (χ3v) is 5.47. The molecule has 168 valence electrons. The molecule has 4 rings (SSSR count). The zero-order valence-electron chi connectivity index (χ0n) is 18.8. The van der Waals surface area contributed by atoms with E-state index in [2.05, 4.69) is 15.6 Å². The summed E-state index contributed by atoms with van der Waals surface area (Å²) >= 11 is 0. The van der Waals surface area contributed by atoms with Crippen LogP contribution in [0, 0.1) is 6.92 Å². The predicted molar refractivity (Wildman–Crippen MR) is 129 cm³/mol. The molecule has 4 aromatic rings. The van der Waals surface area contributed by atoms with E-state index >= 15 is 0 Å². The number of amides is 2. The van der Waals surface area contributed by atoms with Gasteiger partial charge in [-0.1, -0.05) is 35.9 Å². The van der Waals surface area contributed by atoms with Crippen LogP contribution in [0.15, 0.2) is 79.1 Å². The Bertz CT molecular complexity index is 1280. The number of nitrogens with zero attached hydrogens (tertiary/aromatic N) is 3. The average molecular weight is 442 g/mol. The summed E-state index contributed by atoms with van der Waals surface area (Å²) in [5.41, 5.74) is 3.68. The third kappa shape index (κ3) is 5.38. The molecule has 0 saturated heterocycles. The molecule has 0 spiro atoms. The molecule has 0 bridgehead atoms. The Morgan fingerprint density at radius 3 is 2.64 bits per heavy atom. The Balaban J connectivity index is 1.55. The summed E-state index contributed by atoms with van der Waals surface area (Å²) < 4.78 is 3.96. The van der Waals surface area contributed by atoms with Crippen molar-refractivity contribution in [2.75, 3.05) is 6.54 Å². The van der Waals surface area contributed by atoms with Crippen molar-refractivity contribution in [3.05, 3.63) is 95.8 Å². The molecule has 2 aromatic carbocycles. The van der Waals surface area contributed by atoms with Crippen LogP contribution in [0.5, 0.6) is 0 Å². The van der Waals surface area contributed by atoms with Gasteiger partial charge in [0.05, 0.1) is 6.33 Å². The lowest BCUT2D eigenvalue weighted by molar-refractivity contribution is -0.117. The fourth-order valence-corrected chi connectivity index (χ4v) is 3.68. The number of aryl methyl sites for hydroxylation is 3. The van der Waals surface area contributed by atoms with E-state index in [4.69, 9.17) is 0 Å². The monoisotopic (exact) mass is 441 g/mol. The van der Waals surface area contributed by atoms with Crippen LogP contribution in [0.3, 0.4) is 0 Å². The summed E-state index contributed by atoms with van der Waals surface area (Å²) in [5.74, 6) is -0.649. The molecular formula is C26H27N5O2. The van der Waals surface area contributed by atoms with Gasteiger partial charge in [-0.15, -0.1) is 0 Å². The first-order chi connectivity index (χ1) is 16.0. The van der Waals surface area contributed by atoms with E-state index < -0.39 is 0 Å². The minimum Gasteiger partial charge on any atom is -0.351 e. The van der Waals surface area contributed by atoms with E-state index in [1.54, 1.807) is 30.7 Å². The van der Waals surface area contributed by atoms with Gasteiger partial charge in [-0.3, -0.25) is 9.59 Å². The fraction of sp³-hybridized carbons (Fsp3) is 0.192. The van der Waals surface area contributed by atoms with E-state index in [-0.39, 0.29) is 17.5 Å². The SMILES string of the molecule is Cc1ccc(C(=O)N/C(=C/c2cn(C)c3ccccc23)C(=O)NCCCn2ccnc2)cc1. The second-order valence-corrected chi connectivity index (χ2v) is 8.00. The summed E-state index contributed by atoms with van der Waals surface area (Å²) in [6.45, 7) is 3.19. The quantitative estimate of drug-likeness (QED) is 0.323. The Hall–Kier alpha value is -4.13. The molecule has 7 heteroatoms. The molecule has 0 atom stereocenters. The second-order valence-electron chi connectivity index (χ2n) is 8.00. The van der Waals surface area contributed by atoms with Crippen LogP contribution >= 0.6 is 0 Å². The van der Waals surface area contributed by atoms with E-state index in [1.807, 2.05) is 71.9 Å². The van der Waals surface area contributed by atoms with Crippen LogP contribution in [0.4, 0.5) is 0 Å². The van der Waals surface area contributed by atoms with E-state index in [0.29, 0.717) is 12.1 Å². The summed E-state index contributed by atoms with van der Waals surface area (Å²) in [4.78, 5) is 29.9. The van der Waals surface area contributed by atoms with Crippen LogP contribution in [0.25, 0.3) is 17.0 Å². The lowest BCUT2D eigenvalue weighted by atomic mass is 10.1. The van der Waals surface area contributed by atoms with Gasteiger partial charge in [-0.25, -0.2) is 4.98 Å². The van der Waals surface area contributed by atoms with E-state index in [9.17, 15) is 9.59 Å². The largest absolute Gasteiger partial charge is 0.351 e. The highest BCUT2D eigenvalue weighted by molar-refractivity contribution is 6.06. The Morgan fingerprint density at radius 1 is 1.09 bits per heavy atom. The van der Waals surface area contributed by atoms with Gasteiger partial charge in [-0.05, 0) is 37.6 Å². The number of hydrogen-bond donors (Lipinski definition) is 2. The molecule has 0 fully saturated rings. The lowest BCUT2D eigenvalue weighted by Crippen LogP contribution is -2.35. The average Bonchev–Trinajstić information content (AvgIpc) is 3.45. The van der Waals surface area contributed by atoms with Crippen LogP contribution in [-0.2, 0) is 18.4 Å². The summed E-state index contributed by atoms with van der Waals surface area (Å²) in [5, 5.41) is 6.75. The van der Waals surface area contributed by atoms with Crippen molar-refractivity contribution in [3.63, 3.8) is 0 Å². The first kappa shape index (κ1) is 22.1. The van der Waals surface area contributed by atoms with Crippen molar-refractivity contribution < 1.29 is 9.59 Å². The van der Waals surface area contributed by atoms with Gasteiger partial charge in [0.25, 0.3) is 11.8 Å². The normalized spacial score (nSPS) is 11.5. The molecule has 2 heterocycles. The smallest absolute Gasteiger partial charge is 0.267 e. The molecule has 0 saturated carbocycles. The van der Waals surface area contributed by atoms with Gasteiger partial charge < -0.3 is 19.8 Å². The van der Waals surface area contributed by atoms with Crippen molar-refractivity contribution in [1.82, 2.24) is 24.8 Å². The first-order valence-electron chi connectivity index (χ1n) is 10.9. The number of carbonyl (C=O) groups excluding carboxylic acids is 2. The standard InChI is InChI=1S/C26H27N5O2/c1-19-8-10-20(11-9-19)25(32)29-23(26(33)28-12-5-14-31-15-13-27-18-31)16-21-17-30(2)24-7-4-3-6-22(21)24/h3-4,6-11,13,15-18H,5,12,14H2,1-2H3,(H,28,33)(H,29,32)/b23-16+. The number of para-hydroxylation sites is 1. The van der Waals surface area contributed by atoms with Gasteiger partial charge in [0.2, 0.25) is 0 Å². The van der Waals surface area contributed by atoms with Crippen molar-refractivity contribution >= 4 is 28.8 Å². The van der Waals surface area contributed by atoms with Gasteiger partial charge >= 0.3 is 0 Å². The van der Waals surface area contributed by atoms with Gasteiger partial charge in [0, 0.05) is 60.8 Å². The number of nitrogens with one attached hydrogen (secondary N) is 2. The minimum absolute atomic E-state index is 0.208. The number of imidazole rings is 1. The Morgan fingerprint density at radius 2 is 1.88 bits per heavy atom. The van der Waals surface area contributed by atoms with Gasteiger partial charge in [-0.2, -0.15) is 0 Å². The molecule has 0 aliphatic rings. The third-order valence-electron chi connectivity index (χ3n) is 5.47. The number of hydrogen-bond acceptors (Lipinski definition) is 3. The number of aromatic nitrogens is 3. The fourth-order valence-electron chi connectivity index (χ4n) is 3.68. The molecule has 0 radical (unpaired) electrons. The second kappa shape index (κ2) is 9.99. The molecule has 0 aliphatic heterocycles. The van der Waals surface area contributed by atoms with Crippen molar-refractivity contribution in [1.29, 1.82) is 0 Å². The maximum atomic E-state index is 13.1. The first-order valence-corrected chi connectivity index (χ1v) is 10.9. The number of benzene rings is 2. The molecule has 2 amide bonds. The Kier molecular flexibility index (Phi) is 6.69. The molecule has 7 nitrogen and oxygen atoms in total. The zero-order valence-corrected chi connectivity index (χ0v) is 18.8. The molecule has 0 unspecified atom stereocenters.